The van der Waals surface area contributed by atoms with E-state index in [1.165, 1.54) is 19.5 Å². The highest BCUT2D eigenvalue weighted by molar-refractivity contribution is 4.91. The average Bonchev–Trinajstić information content (AvgIpc) is 2.77. The van der Waals surface area contributed by atoms with Crippen LogP contribution in [0.5, 0.6) is 0 Å². The fourth-order valence-electron chi connectivity index (χ4n) is 1.80. The Morgan fingerprint density at radius 2 is 2.08 bits per heavy atom. The Morgan fingerprint density at radius 1 is 1.42 bits per heavy atom. The van der Waals surface area contributed by atoms with E-state index in [1.807, 2.05) is 0 Å². The van der Waals surface area contributed by atoms with Gasteiger partial charge in [0.05, 0.1) is 0 Å². The van der Waals surface area contributed by atoms with Gasteiger partial charge in [0.15, 0.2) is 0 Å². The summed E-state index contributed by atoms with van der Waals surface area (Å²) in [4.78, 5) is 2.54. The van der Waals surface area contributed by atoms with Gasteiger partial charge in [0, 0.05) is 12.6 Å². The third-order valence-electron chi connectivity index (χ3n) is 2.80. The Balaban J connectivity index is 2.09. The fraction of sp³-hybridized carbons (Fsp3) is 1.00. The number of unbranched alkanes of at least 4 members (excludes halogenated alkanes) is 1. The molecule has 1 aliphatic carbocycles. The molecule has 0 bridgehead atoms. The van der Waals surface area contributed by atoms with Crippen molar-refractivity contribution in [1.82, 2.24) is 4.90 Å². The van der Waals surface area contributed by atoms with Gasteiger partial charge in [-0.25, -0.2) is 0 Å². The lowest BCUT2D eigenvalue weighted by Gasteiger charge is -2.19. The lowest BCUT2D eigenvalue weighted by Crippen LogP contribution is -2.28. The van der Waals surface area contributed by atoms with Gasteiger partial charge in [-0.3, -0.25) is 0 Å². The Morgan fingerprint density at radius 3 is 2.50 bits per heavy atom. The average molecular weight is 171 g/mol. The topological polar surface area (TPSA) is 23.5 Å². The van der Waals surface area contributed by atoms with Crippen molar-refractivity contribution in [2.45, 2.75) is 39.2 Å². The molecule has 1 saturated carbocycles. The minimum Gasteiger partial charge on any atom is -0.396 e. The number of hydrogen-bond donors (Lipinski definition) is 1. The maximum Gasteiger partial charge on any atom is 0.0431 e. The third-order valence-corrected chi connectivity index (χ3v) is 2.80. The molecule has 1 N–H and O–H groups in total. The van der Waals surface area contributed by atoms with Crippen molar-refractivity contribution in [2.24, 2.45) is 5.92 Å². The Kier molecular flexibility index (Phi) is 4.02. The van der Waals surface area contributed by atoms with E-state index in [4.69, 9.17) is 5.11 Å². The number of nitrogens with zero attached hydrogens (tertiary/aromatic N) is 1. The molecule has 0 aromatic rings. The highest BCUT2D eigenvalue weighted by Gasteiger charge is 2.36. The lowest BCUT2D eigenvalue weighted by molar-refractivity contribution is 0.237. The maximum atomic E-state index is 8.64. The first kappa shape index (κ1) is 10.0. The molecule has 1 rings (SSSR count). The molecular formula is C10H21NO. The van der Waals surface area contributed by atoms with Crippen LogP contribution in [0.4, 0.5) is 0 Å². The normalized spacial score (nSPS) is 28.0. The number of rotatable bonds is 6. The predicted molar refractivity (Wildman–Crippen MR) is 51.1 cm³/mol. The minimum absolute atomic E-state index is 0.345. The van der Waals surface area contributed by atoms with Gasteiger partial charge < -0.3 is 10.0 Å². The quantitative estimate of drug-likeness (QED) is 0.612. The summed E-state index contributed by atoms with van der Waals surface area (Å²) in [5.41, 5.74) is 0. The Hall–Kier alpha value is -0.0800. The van der Waals surface area contributed by atoms with Crippen molar-refractivity contribution in [3.8, 4) is 0 Å². The van der Waals surface area contributed by atoms with Crippen LogP contribution in [0.2, 0.25) is 0 Å². The molecule has 0 aliphatic heterocycles. The lowest BCUT2D eigenvalue weighted by atomic mass is 10.3. The highest BCUT2D eigenvalue weighted by atomic mass is 16.2. The van der Waals surface area contributed by atoms with Crippen molar-refractivity contribution in [2.75, 3.05) is 19.7 Å². The first-order chi connectivity index (χ1) is 5.79. The first-order valence-corrected chi connectivity index (χ1v) is 5.14. The van der Waals surface area contributed by atoms with Crippen LogP contribution in [0.15, 0.2) is 0 Å². The monoisotopic (exact) mass is 171 g/mol. The third kappa shape index (κ3) is 2.76. The second kappa shape index (κ2) is 4.83. The predicted octanol–water partition coefficient (Wildman–Crippen LogP) is 1.49. The molecule has 0 saturated heterocycles. The standard InChI is InChI=1S/C10H21NO/c1-3-11(6-4-5-7-12)10-8-9(10)2/h9-10,12H,3-8H2,1-2H3. The van der Waals surface area contributed by atoms with E-state index < -0.39 is 0 Å². The van der Waals surface area contributed by atoms with Gasteiger partial charge in [-0.15, -0.1) is 0 Å². The second-order valence-electron chi connectivity index (χ2n) is 3.84. The van der Waals surface area contributed by atoms with Gasteiger partial charge in [-0.05, 0) is 38.3 Å². The van der Waals surface area contributed by atoms with Gasteiger partial charge in [0.2, 0.25) is 0 Å². The van der Waals surface area contributed by atoms with Gasteiger partial charge in [0.25, 0.3) is 0 Å². The van der Waals surface area contributed by atoms with E-state index in [0.29, 0.717) is 6.61 Å². The molecule has 0 spiro atoms. The zero-order valence-electron chi connectivity index (χ0n) is 8.29. The summed E-state index contributed by atoms with van der Waals surface area (Å²) in [6.45, 7) is 7.23. The zero-order valence-corrected chi connectivity index (χ0v) is 8.29. The van der Waals surface area contributed by atoms with E-state index in [9.17, 15) is 0 Å². The molecule has 0 heterocycles. The molecule has 72 valence electrons. The van der Waals surface area contributed by atoms with Crippen molar-refractivity contribution >= 4 is 0 Å². The van der Waals surface area contributed by atoms with E-state index in [-0.39, 0.29) is 0 Å². The van der Waals surface area contributed by atoms with Crippen molar-refractivity contribution in [3.05, 3.63) is 0 Å². The molecule has 1 aliphatic rings. The summed E-state index contributed by atoms with van der Waals surface area (Å²) in [5.74, 6) is 0.916. The summed E-state index contributed by atoms with van der Waals surface area (Å²) in [6.07, 6.45) is 3.48. The Bertz CT molecular complexity index is 127. The van der Waals surface area contributed by atoms with E-state index >= 15 is 0 Å². The molecule has 0 aromatic carbocycles. The molecule has 12 heavy (non-hydrogen) atoms. The van der Waals surface area contributed by atoms with Gasteiger partial charge in [-0.2, -0.15) is 0 Å². The van der Waals surface area contributed by atoms with E-state index in [0.717, 1.165) is 24.8 Å². The van der Waals surface area contributed by atoms with Crippen LogP contribution in [0.1, 0.15) is 33.1 Å². The number of aliphatic hydroxyl groups is 1. The van der Waals surface area contributed by atoms with Crippen LogP contribution < -0.4 is 0 Å². The fourth-order valence-corrected chi connectivity index (χ4v) is 1.80. The van der Waals surface area contributed by atoms with Crippen molar-refractivity contribution < 1.29 is 5.11 Å². The van der Waals surface area contributed by atoms with Gasteiger partial charge in [-0.1, -0.05) is 13.8 Å². The smallest absolute Gasteiger partial charge is 0.0431 e. The first-order valence-electron chi connectivity index (χ1n) is 5.14. The molecule has 0 amide bonds. The van der Waals surface area contributed by atoms with Crippen LogP contribution in [0.3, 0.4) is 0 Å². The molecule has 2 heteroatoms. The van der Waals surface area contributed by atoms with Crippen LogP contribution in [0, 0.1) is 5.92 Å². The molecule has 0 radical (unpaired) electrons. The summed E-state index contributed by atoms with van der Waals surface area (Å²) in [7, 11) is 0. The van der Waals surface area contributed by atoms with Crippen molar-refractivity contribution in [1.29, 1.82) is 0 Å². The highest BCUT2D eigenvalue weighted by Crippen LogP contribution is 2.34. The number of aliphatic hydroxyl groups excluding tert-OH is 1. The second-order valence-corrected chi connectivity index (χ2v) is 3.84. The van der Waals surface area contributed by atoms with Crippen LogP contribution in [-0.2, 0) is 0 Å². The summed E-state index contributed by atoms with van der Waals surface area (Å²) in [6, 6.07) is 0.855. The van der Waals surface area contributed by atoms with E-state index in [1.54, 1.807) is 0 Å². The van der Waals surface area contributed by atoms with Crippen LogP contribution >= 0.6 is 0 Å². The molecule has 0 aromatic heterocycles. The summed E-state index contributed by atoms with van der Waals surface area (Å²) >= 11 is 0. The minimum atomic E-state index is 0.345. The zero-order chi connectivity index (χ0) is 8.97. The summed E-state index contributed by atoms with van der Waals surface area (Å²) in [5, 5.41) is 8.64. The van der Waals surface area contributed by atoms with Crippen molar-refractivity contribution in [3.63, 3.8) is 0 Å². The van der Waals surface area contributed by atoms with E-state index in [2.05, 4.69) is 18.7 Å². The molecule has 2 nitrogen and oxygen atoms in total. The Labute approximate surface area is 75.6 Å². The maximum absolute atomic E-state index is 8.64. The molecule has 2 unspecified atom stereocenters. The number of hydrogen-bond acceptors (Lipinski definition) is 2. The SMILES string of the molecule is CCN(CCCCO)C1CC1C. The summed E-state index contributed by atoms with van der Waals surface area (Å²) < 4.78 is 0. The molecule has 1 fully saturated rings. The molecule has 2 atom stereocenters. The molecular weight excluding hydrogens is 150 g/mol. The van der Waals surface area contributed by atoms with Crippen LogP contribution in [-0.4, -0.2) is 35.7 Å². The van der Waals surface area contributed by atoms with Gasteiger partial charge >= 0.3 is 0 Å². The van der Waals surface area contributed by atoms with Gasteiger partial charge in [0.1, 0.15) is 0 Å². The van der Waals surface area contributed by atoms with Crippen LogP contribution in [0.25, 0.3) is 0 Å². The largest absolute Gasteiger partial charge is 0.396 e.